The summed E-state index contributed by atoms with van der Waals surface area (Å²) in [4.78, 5) is 13.5. The highest BCUT2D eigenvalue weighted by atomic mass is 35.5. The fourth-order valence-corrected chi connectivity index (χ4v) is 2.21. The first-order valence-corrected chi connectivity index (χ1v) is 5.85. The van der Waals surface area contributed by atoms with Gasteiger partial charge in [0.1, 0.15) is 0 Å². The van der Waals surface area contributed by atoms with Crippen LogP contribution in [0.3, 0.4) is 0 Å². The molecular formula is C13H14ClNO2. The fraction of sp³-hybridized carbons (Fsp3) is 0.308. The molecule has 0 saturated carbocycles. The van der Waals surface area contributed by atoms with E-state index >= 15 is 0 Å². The molecule has 4 heteroatoms. The van der Waals surface area contributed by atoms with Crippen molar-refractivity contribution in [3.05, 3.63) is 41.4 Å². The van der Waals surface area contributed by atoms with Crippen LogP contribution in [0.15, 0.2) is 30.9 Å². The maximum absolute atomic E-state index is 11.9. The molecule has 1 aliphatic heterocycles. The quantitative estimate of drug-likeness (QED) is 0.838. The smallest absolute Gasteiger partial charge is 0.227 e. The Kier molecular flexibility index (Phi) is 3.50. The fourth-order valence-electron chi connectivity index (χ4n) is 2.05. The number of benzene rings is 1. The van der Waals surface area contributed by atoms with Gasteiger partial charge in [0, 0.05) is 29.5 Å². The lowest BCUT2D eigenvalue weighted by molar-refractivity contribution is -0.117. The summed E-state index contributed by atoms with van der Waals surface area (Å²) in [5.41, 5.74) is 1.42. The number of carbonyl (C=O) groups excluding carboxylic acids is 1. The van der Waals surface area contributed by atoms with Crippen molar-refractivity contribution in [3.63, 3.8) is 0 Å². The molecule has 1 saturated heterocycles. The molecule has 1 N–H and O–H groups in total. The Morgan fingerprint density at radius 2 is 2.35 bits per heavy atom. The minimum absolute atomic E-state index is 0.0480. The predicted molar refractivity (Wildman–Crippen MR) is 68.0 cm³/mol. The SMILES string of the molecule is C=CC1CC(=O)N(c2cc(Cl)ccc2CO)C1. The Balaban J connectivity index is 2.36. The van der Waals surface area contributed by atoms with Gasteiger partial charge in [-0.2, -0.15) is 0 Å². The van der Waals surface area contributed by atoms with Gasteiger partial charge < -0.3 is 10.0 Å². The zero-order chi connectivity index (χ0) is 12.4. The molecule has 0 spiro atoms. The van der Waals surface area contributed by atoms with Crippen LogP contribution in [0.4, 0.5) is 5.69 Å². The van der Waals surface area contributed by atoms with Crippen LogP contribution in [0.25, 0.3) is 0 Å². The van der Waals surface area contributed by atoms with Crippen LogP contribution in [0, 0.1) is 5.92 Å². The van der Waals surface area contributed by atoms with Crippen molar-refractivity contribution in [2.75, 3.05) is 11.4 Å². The number of rotatable bonds is 3. The van der Waals surface area contributed by atoms with E-state index in [1.165, 1.54) is 0 Å². The molecule has 1 aromatic carbocycles. The molecule has 1 unspecified atom stereocenters. The third-order valence-electron chi connectivity index (χ3n) is 3.00. The molecule has 3 nitrogen and oxygen atoms in total. The number of anilines is 1. The lowest BCUT2D eigenvalue weighted by Crippen LogP contribution is -2.25. The van der Waals surface area contributed by atoms with Gasteiger partial charge in [0.2, 0.25) is 5.91 Å². The molecular weight excluding hydrogens is 238 g/mol. The van der Waals surface area contributed by atoms with Gasteiger partial charge in [0.05, 0.1) is 12.3 Å². The molecule has 2 rings (SSSR count). The first-order chi connectivity index (χ1) is 8.15. The lowest BCUT2D eigenvalue weighted by atomic mass is 10.1. The zero-order valence-electron chi connectivity index (χ0n) is 9.40. The topological polar surface area (TPSA) is 40.5 Å². The Bertz CT molecular complexity index is 459. The van der Waals surface area contributed by atoms with Crippen LogP contribution in [0.2, 0.25) is 5.02 Å². The molecule has 0 aliphatic carbocycles. The summed E-state index contributed by atoms with van der Waals surface area (Å²) in [7, 11) is 0. The summed E-state index contributed by atoms with van der Waals surface area (Å²) in [5, 5.41) is 9.84. The van der Waals surface area contributed by atoms with Crippen molar-refractivity contribution in [2.45, 2.75) is 13.0 Å². The molecule has 1 amide bonds. The molecule has 0 radical (unpaired) electrons. The molecule has 1 fully saturated rings. The second-order valence-corrected chi connectivity index (χ2v) is 4.57. The normalized spacial score (nSPS) is 19.8. The Morgan fingerprint density at radius 3 is 2.94 bits per heavy atom. The Hall–Kier alpha value is -1.32. The maximum atomic E-state index is 11.9. The van der Waals surface area contributed by atoms with Gasteiger partial charge in [0.25, 0.3) is 0 Å². The van der Waals surface area contributed by atoms with Crippen molar-refractivity contribution in [1.29, 1.82) is 0 Å². The van der Waals surface area contributed by atoms with E-state index in [9.17, 15) is 9.90 Å². The summed E-state index contributed by atoms with van der Waals surface area (Å²) in [5.74, 6) is 0.222. The molecule has 0 aromatic heterocycles. The van der Waals surface area contributed by atoms with Crippen molar-refractivity contribution in [2.24, 2.45) is 5.92 Å². The van der Waals surface area contributed by atoms with E-state index in [2.05, 4.69) is 6.58 Å². The third-order valence-corrected chi connectivity index (χ3v) is 3.23. The predicted octanol–water partition coefficient (Wildman–Crippen LogP) is 2.37. The van der Waals surface area contributed by atoms with Crippen LogP contribution >= 0.6 is 11.6 Å². The highest BCUT2D eigenvalue weighted by molar-refractivity contribution is 6.31. The van der Waals surface area contributed by atoms with Crippen molar-refractivity contribution >= 4 is 23.2 Å². The number of carbonyl (C=O) groups is 1. The van der Waals surface area contributed by atoms with E-state index in [4.69, 9.17) is 11.6 Å². The number of nitrogens with zero attached hydrogens (tertiary/aromatic N) is 1. The first kappa shape index (κ1) is 12.1. The summed E-state index contributed by atoms with van der Waals surface area (Å²) in [6.45, 7) is 4.22. The van der Waals surface area contributed by atoms with Crippen LogP contribution < -0.4 is 4.90 Å². The average Bonchev–Trinajstić information content (AvgIpc) is 2.70. The number of amides is 1. The van der Waals surface area contributed by atoms with Crippen molar-refractivity contribution < 1.29 is 9.90 Å². The number of halogens is 1. The second kappa shape index (κ2) is 4.90. The van der Waals surface area contributed by atoms with E-state index in [1.807, 2.05) is 0 Å². The maximum Gasteiger partial charge on any atom is 0.227 e. The van der Waals surface area contributed by atoms with Gasteiger partial charge in [0.15, 0.2) is 0 Å². The summed E-state index contributed by atoms with van der Waals surface area (Å²) in [6, 6.07) is 5.17. The van der Waals surface area contributed by atoms with Crippen LogP contribution in [-0.4, -0.2) is 17.6 Å². The van der Waals surface area contributed by atoms with Gasteiger partial charge in [-0.3, -0.25) is 4.79 Å². The number of hydrogen-bond acceptors (Lipinski definition) is 2. The summed E-state index contributed by atoms with van der Waals surface area (Å²) < 4.78 is 0. The van der Waals surface area contributed by atoms with Crippen molar-refractivity contribution in [1.82, 2.24) is 0 Å². The number of hydrogen-bond donors (Lipinski definition) is 1. The summed E-state index contributed by atoms with van der Waals surface area (Å²) in [6.07, 6.45) is 2.27. The number of aliphatic hydroxyl groups is 1. The second-order valence-electron chi connectivity index (χ2n) is 4.14. The summed E-state index contributed by atoms with van der Waals surface area (Å²) >= 11 is 5.93. The van der Waals surface area contributed by atoms with Crippen molar-refractivity contribution in [3.8, 4) is 0 Å². The van der Waals surface area contributed by atoms with Gasteiger partial charge in [-0.15, -0.1) is 6.58 Å². The van der Waals surface area contributed by atoms with Gasteiger partial charge in [-0.1, -0.05) is 23.7 Å². The van der Waals surface area contributed by atoms with E-state index in [0.29, 0.717) is 29.2 Å². The molecule has 1 aromatic rings. The molecule has 1 aliphatic rings. The highest BCUT2D eigenvalue weighted by Gasteiger charge is 2.29. The van der Waals surface area contributed by atoms with E-state index in [0.717, 1.165) is 0 Å². The largest absolute Gasteiger partial charge is 0.392 e. The van der Waals surface area contributed by atoms with Crippen LogP contribution in [0.1, 0.15) is 12.0 Å². The number of aliphatic hydroxyl groups excluding tert-OH is 1. The molecule has 1 atom stereocenters. The zero-order valence-corrected chi connectivity index (χ0v) is 10.2. The van der Waals surface area contributed by atoms with Gasteiger partial charge in [-0.25, -0.2) is 0 Å². The minimum atomic E-state index is -0.102. The van der Waals surface area contributed by atoms with Crippen LogP contribution in [-0.2, 0) is 11.4 Å². The van der Waals surface area contributed by atoms with E-state index in [1.54, 1.807) is 29.2 Å². The molecule has 1 heterocycles. The Morgan fingerprint density at radius 1 is 1.59 bits per heavy atom. The van der Waals surface area contributed by atoms with Crippen LogP contribution in [0.5, 0.6) is 0 Å². The molecule has 0 bridgehead atoms. The molecule has 17 heavy (non-hydrogen) atoms. The van der Waals surface area contributed by atoms with Gasteiger partial charge in [-0.05, 0) is 12.1 Å². The van der Waals surface area contributed by atoms with Gasteiger partial charge >= 0.3 is 0 Å². The highest BCUT2D eigenvalue weighted by Crippen LogP contribution is 2.30. The minimum Gasteiger partial charge on any atom is -0.392 e. The van der Waals surface area contributed by atoms with E-state index in [-0.39, 0.29) is 18.4 Å². The molecule has 90 valence electrons. The lowest BCUT2D eigenvalue weighted by Gasteiger charge is -2.19. The van der Waals surface area contributed by atoms with E-state index < -0.39 is 0 Å². The Labute approximate surface area is 105 Å². The third kappa shape index (κ3) is 2.35. The first-order valence-electron chi connectivity index (χ1n) is 5.48. The standard InChI is InChI=1S/C13H14ClNO2/c1-2-9-5-13(17)15(7-9)12-6-11(14)4-3-10(12)8-16/h2-4,6,9,16H,1,5,7-8H2. The average molecular weight is 252 g/mol. The monoisotopic (exact) mass is 251 g/mol.